The quantitative estimate of drug-likeness (QED) is 0.193. The third-order valence-corrected chi connectivity index (χ3v) is 9.46. The molecule has 2 aliphatic carbocycles. The summed E-state index contributed by atoms with van der Waals surface area (Å²) in [5.74, 6) is 2.23. The highest BCUT2D eigenvalue weighted by Crippen LogP contribution is 2.34. The molecule has 234 valence electrons. The molecular formula is C32H45Cl3N8. The van der Waals surface area contributed by atoms with E-state index in [0.29, 0.717) is 30.0 Å². The molecule has 7 rings (SSSR count). The van der Waals surface area contributed by atoms with Crippen LogP contribution in [0, 0.1) is 5.92 Å². The first-order valence-corrected chi connectivity index (χ1v) is 15.4. The summed E-state index contributed by atoms with van der Waals surface area (Å²) in [6, 6.07) is 16.8. The fourth-order valence-corrected chi connectivity index (χ4v) is 7.05. The van der Waals surface area contributed by atoms with Crippen LogP contribution in [0.3, 0.4) is 0 Å². The zero-order valence-electron chi connectivity index (χ0n) is 24.7. The molecule has 4 aromatic rings. The predicted octanol–water partition coefficient (Wildman–Crippen LogP) is 7.32. The predicted molar refractivity (Wildman–Crippen MR) is 184 cm³/mol. The van der Waals surface area contributed by atoms with E-state index >= 15 is 0 Å². The number of hydrogen-bond donors (Lipinski definition) is 3. The molecule has 1 saturated heterocycles. The molecule has 2 aromatic heterocycles. The van der Waals surface area contributed by atoms with Gasteiger partial charge in [-0.25, -0.2) is 9.99 Å². The van der Waals surface area contributed by atoms with Crippen molar-refractivity contribution in [1.82, 2.24) is 24.5 Å². The van der Waals surface area contributed by atoms with Gasteiger partial charge in [0.05, 0.1) is 6.33 Å². The Morgan fingerprint density at radius 1 is 0.814 bits per heavy atom. The van der Waals surface area contributed by atoms with Crippen molar-refractivity contribution in [3.8, 4) is 0 Å². The van der Waals surface area contributed by atoms with Crippen molar-refractivity contribution in [2.75, 3.05) is 23.8 Å². The third-order valence-electron chi connectivity index (χ3n) is 9.46. The molecule has 4 N–H and O–H groups in total. The van der Waals surface area contributed by atoms with Crippen LogP contribution in [0.1, 0.15) is 75.8 Å². The number of piperidine rings is 1. The minimum Gasteiger partial charge on any atom is -0.351 e. The van der Waals surface area contributed by atoms with Gasteiger partial charge in [0.15, 0.2) is 17.0 Å². The van der Waals surface area contributed by atoms with E-state index in [1.165, 1.54) is 42.0 Å². The van der Waals surface area contributed by atoms with E-state index < -0.39 is 0 Å². The number of anilines is 2. The highest BCUT2D eigenvalue weighted by molar-refractivity contribution is 5.86. The van der Waals surface area contributed by atoms with Crippen LogP contribution in [0.4, 0.5) is 11.8 Å². The Morgan fingerprint density at radius 2 is 1.53 bits per heavy atom. The van der Waals surface area contributed by atoms with Crippen molar-refractivity contribution in [3.05, 3.63) is 54.4 Å². The lowest BCUT2D eigenvalue weighted by Gasteiger charge is -2.32. The molecule has 2 aromatic carbocycles. The van der Waals surface area contributed by atoms with Gasteiger partial charge in [-0.05, 0) is 80.0 Å². The molecular weight excluding hydrogens is 603 g/mol. The topological polar surface area (TPSA) is 96.9 Å². The summed E-state index contributed by atoms with van der Waals surface area (Å²) in [5, 5.41) is 8.63. The molecule has 0 spiro atoms. The van der Waals surface area contributed by atoms with Crippen molar-refractivity contribution in [1.29, 1.82) is 0 Å². The molecule has 1 aliphatic heterocycles. The van der Waals surface area contributed by atoms with Crippen LogP contribution >= 0.6 is 37.2 Å². The van der Waals surface area contributed by atoms with E-state index in [2.05, 4.69) is 62.8 Å². The Morgan fingerprint density at radius 3 is 2.28 bits per heavy atom. The Hall–Kier alpha value is -2.36. The van der Waals surface area contributed by atoms with Gasteiger partial charge in [-0.1, -0.05) is 55.3 Å². The maximum absolute atomic E-state index is 6.16. The molecule has 8 nitrogen and oxygen atoms in total. The lowest BCUT2D eigenvalue weighted by Crippen LogP contribution is -2.39. The van der Waals surface area contributed by atoms with E-state index in [-0.39, 0.29) is 37.2 Å². The fourth-order valence-electron chi connectivity index (χ4n) is 7.05. The Balaban J connectivity index is 0.00000141. The van der Waals surface area contributed by atoms with Crippen LogP contribution in [0.15, 0.2) is 48.8 Å². The number of halogens is 3. The van der Waals surface area contributed by atoms with Crippen molar-refractivity contribution < 1.29 is 0 Å². The van der Waals surface area contributed by atoms with Gasteiger partial charge < -0.3 is 21.0 Å². The number of imidazole rings is 1. The summed E-state index contributed by atoms with van der Waals surface area (Å²) in [6.45, 7) is 1.99. The summed E-state index contributed by atoms with van der Waals surface area (Å²) >= 11 is 0. The second-order valence-electron chi connectivity index (χ2n) is 12.3. The molecule has 3 heterocycles. The number of nitrogens with two attached hydrogens (primary N) is 1. The fraction of sp³-hybridized carbons (Fsp3) is 0.531. The summed E-state index contributed by atoms with van der Waals surface area (Å²) in [7, 11) is 0. The molecule has 2 saturated carbocycles. The van der Waals surface area contributed by atoms with Gasteiger partial charge in [-0.15, -0.1) is 37.2 Å². The van der Waals surface area contributed by atoms with Crippen molar-refractivity contribution in [2.45, 2.75) is 88.8 Å². The number of nitrogens with one attached hydrogen (secondary N) is 2. The van der Waals surface area contributed by atoms with Gasteiger partial charge in [0.2, 0.25) is 5.95 Å². The first-order chi connectivity index (χ1) is 19.7. The summed E-state index contributed by atoms with van der Waals surface area (Å²) in [5.41, 5.74) is 13.1. The number of rotatable bonds is 7. The largest absolute Gasteiger partial charge is 0.351 e. The van der Waals surface area contributed by atoms with Crippen molar-refractivity contribution >= 4 is 70.9 Å². The van der Waals surface area contributed by atoms with Crippen molar-refractivity contribution in [2.24, 2.45) is 11.7 Å². The molecule has 43 heavy (non-hydrogen) atoms. The van der Waals surface area contributed by atoms with E-state index in [9.17, 15) is 0 Å². The van der Waals surface area contributed by atoms with Gasteiger partial charge >= 0.3 is 0 Å². The molecule has 0 amide bonds. The first-order valence-electron chi connectivity index (χ1n) is 15.4. The minimum atomic E-state index is 0. The zero-order chi connectivity index (χ0) is 26.9. The van der Waals surface area contributed by atoms with Gasteiger partial charge in [-0.3, -0.25) is 0 Å². The first kappa shape index (κ1) is 33.5. The Bertz CT molecular complexity index is 1460. The van der Waals surface area contributed by atoms with E-state index in [1.807, 2.05) is 6.33 Å². The molecule has 3 fully saturated rings. The maximum atomic E-state index is 6.16. The van der Waals surface area contributed by atoms with Crippen LogP contribution in [0.2, 0.25) is 0 Å². The van der Waals surface area contributed by atoms with Crippen LogP contribution in [-0.2, 0) is 6.42 Å². The van der Waals surface area contributed by atoms with Crippen LogP contribution in [-0.4, -0.2) is 49.7 Å². The van der Waals surface area contributed by atoms with E-state index in [1.54, 1.807) is 0 Å². The zero-order valence-corrected chi connectivity index (χ0v) is 27.1. The monoisotopic (exact) mass is 646 g/mol. The maximum Gasteiger partial charge on any atom is 0.227 e. The highest BCUT2D eigenvalue weighted by Gasteiger charge is 2.26. The lowest BCUT2D eigenvalue weighted by molar-refractivity contribution is 0.216. The van der Waals surface area contributed by atoms with Crippen LogP contribution < -0.4 is 16.5 Å². The third kappa shape index (κ3) is 7.66. The number of hydrazine groups is 1. The summed E-state index contributed by atoms with van der Waals surface area (Å²) in [4.78, 5) is 14.8. The Labute approximate surface area is 273 Å². The molecule has 0 unspecified atom stereocenters. The van der Waals surface area contributed by atoms with Gasteiger partial charge in [-0.2, -0.15) is 9.97 Å². The minimum absolute atomic E-state index is 0. The average Bonchev–Trinajstić information content (AvgIpc) is 3.66. The number of fused-ring (bicyclic) bond motifs is 2. The normalized spacial score (nSPS) is 21.6. The van der Waals surface area contributed by atoms with Gasteiger partial charge in [0.1, 0.15) is 0 Å². The van der Waals surface area contributed by atoms with E-state index in [0.717, 1.165) is 75.0 Å². The SMILES string of the molecule is Cl.Cl.Cl.NC1CCC(Nc2nc(NN3CCC(Cc4ccc5ccccc5c4)CC3)c3ncn(C4CCCC4)c3n2)CC1. The van der Waals surface area contributed by atoms with Crippen molar-refractivity contribution in [3.63, 3.8) is 0 Å². The summed E-state index contributed by atoms with van der Waals surface area (Å²) < 4.78 is 2.30. The molecule has 3 aliphatic rings. The average molecular weight is 648 g/mol. The Kier molecular flexibility index (Phi) is 11.8. The smallest absolute Gasteiger partial charge is 0.227 e. The molecule has 0 bridgehead atoms. The van der Waals surface area contributed by atoms with Gasteiger partial charge in [0, 0.05) is 31.2 Å². The molecule has 0 radical (unpaired) electrons. The van der Waals surface area contributed by atoms with Crippen LogP contribution in [0.25, 0.3) is 21.9 Å². The van der Waals surface area contributed by atoms with Gasteiger partial charge in [0.25, 0.3) is 0 Å². The number of aromatic nitrogens is 4. The second kappa shape index (κ2) is 15.1. The summed E-state index contributed by atoms with van der Waals surface area (Å²) in [6.07, 6.45) is 14.7. The molecule has 0 atom stereocenters. The standard InChI is InChI=1S/C32H42N8.3ClH/c33-26-11-13-27(14-12-26)35-32-36-30(29-31(37-32)40(21-34-29)28-7-3-4-8-28)38-39-17-15-22(16-18-39)19-23-9-10-24-5-1-2-6-25(24)20-23;;;/h1-2,5-6,9-10,20-22,26-28H,3-4,7-8,11-19,33H2,(H2,35,36,37,38);3*1H. The highest BCUT2D eigenvalue weighted by atomic mass is 35.5. The second-order valence-corrected chi connectivity index (χ2v) is 12.3. The molecule has 11 heteroatoms. The number of nitrogens with zero attached hydrogens (tertiary/aromatic N) is 5. The lowest BCUT2D eigenvalue weighted by atomic mass is 9.90. The number of hydrogen-bond acceptors (Lipinski definition) is 7. The van der Waals surface area contributed by atoms with Crippen LogP contribution in [0.5, 0.6) is 0 Å². The van der Waals surface area contributed by atoms with E-state index in [4.69, 9.17) is 20.7 Å². The number of benzene rings is 2.